The number of fused-ring (bicyclic) bond motifs is 3. The molecule has 164 valence electrons. The van der Waals surface area contributed by atoms with Crippen molar-refractivity contribution < 1.29 is 33.6 Å². The van der Waals surface area contributed by atoms with Crippen molar-refractivity contribution in [2.45, 2.75) is 18.9 Å². The van der Waals surface area contributed by atoms with Crippen molar-refractivity contribution in [1.29, 1.82) is 0 Å². The standard InChI is InChI=1S/C22H19N3O7/c1-12(21(27)28)31-25-20(26)18-10-19(32-24-18)23-22(29)30-11-17-15-8-4-2-6-13(15)14-7-3-5-9-16(14)17/h2-10,12,17H,11H2,1H3,(H,23,29)(H,25,26)(H,27,28). The first-order valence-electron chi connectivity index (χ1n) is 9.71. The third-order valence-corrected chi connectivity index (χ3v) is 4.99. The van der Waals surface area contributed by atoms with Gasteiger partial charge in [0.25, 0.3) is 5.91 Å². The molecule has 0 radical (unpaired) electrons. The van der Waals surface area contributed by atoms with Crippen molar-refractivity contribution in [3.63, 3.8) is 0 Å². The summed E-state index contributed by atoms with van der Waals surface area (Å²) in [4.78, 5) is 39.5. The van der Waals surface area contributed by atoms with Crippen molar-refractivity contribution in [1.82, 2.24) is 10.6 Å². The number of hydrogen-bond donors (Lipinski definition) is 3. The van der Waals surface area contributed by atoms with Gasteiger partial charge in [0, 0.05) is 12.0 Å². The van der Waals surface area contributed by atoms with Gasteiger partial charge < -0.3 is 14.4 Å². The molecule has 0 fully saturated rings. The van der Waals surface area contributed by atoms with Gasteiger partial charge >= 0.3 is 12.1 Å². The van der Waals surface area contributed by atoms with Crippen LogP contribution in [-0.4, -0.2) is 40.9 Å². The molecule has 0 saturated carbocycles. The van der Waals surface area contributed by atoms with Crippen molar-refractivity contribution >= 4 is 23.9 Å². The van der Waals surface area contributed by atoms with E-state index in [9.17, 15) is 14.4 Å². The molecule has 1 aliphatic rings. The van der Waals surface area contributed by atoms with E-state index in [0.717, 1.165) is 28.3 Å². The molecular formula is C22H19N3O7. The van der Waals surface area contributed by atoms with E-state index >= 15 is 0 Å². The number of ether oxygens (including phenoxy) is 1. The van der Waals surface area contributed by atoms with Crippen LogP contribution in [0, 0.1) is 0 Å². The van der Waals surface area contributed by atoms with Crippen LogP contribution in [0.1, 0.15) is 34.5 Å². The number of carbonyl (C=O) groups excluding carboxylic acids is 2. The van der Waals surface area contributed by atoms with E-state index in [-0.39, 0.29) is 24.1 Å². The van der Waals surface area contributed by atoms with Gasteiger partial charge in [0.05, 0.1) is 0 Å². The second kappa shape index (κ2) is 8.90. The minimum Gasteiger partial charge on any atom is -0.479 e. The molecule has 0 saturated heterocycles. The Kier molecular flexibility index (Phi) is 5.86. The van der Waals surface area contributed by atoms with Crippen molar-refractivity contribution in [3.05, 3.63) is 71.4 Å². The maximum Gasteiger partial charge on any atom is 0.414 e. The summed E-state index contributed by atoms with van der Waals surface area (Å²) in [6.45, 7) is 1.36. The van der Waals surface area contributed by atoms with Gasteiger partial charge in [-0.25, -0.2) is 15.1 Å². The second-order valence-electron chi connectivity index (χ2n) is 7.06. The molecule has 10 heteroatoms. The van der Waals surface area contributed by atoms with E-state index in [2.05, 4.69) is 15.3 Å². The molecule has 2 aromatic carbocycles. The Labute approximate surface area is 182 Å². The number of amides is 2. The average molecular weight is 437 g/mol. The van der Waals surface area contributed by atoms with Crippen molar-refractivity contribution in [2.75, 3.05) is 11.9 Å². The van der Waals surface area contributed by atoms with E-state index in [0.29, 0.717) is 0 Å². The summed E-state index contributed by atoms with van der Waals surface area (Å²) < 4.78 is 10.3. The zero-order chi connectivity index (χ0) is 22.7. The number of hydrogen-bond acceptors (Lipinski definition) is 7. The fraction of sp³-hybridized carbons (Fsp3) is 0.182. The number of carboxylic acid groups (broad SMARTS) is 1. The minimum absolute atomic E-state index is 0.0995. The number of aliphatic carboxylic acids is 1. The summed E-state index contributed by atoms with van der Waals surface area (Å²) in [6, 6.07) is 17.1. The van der Waals surface area contributed by atoms with Gasteiger partial charge in [-0.1, -0.05) is 53.7 Å². The summed E-state index contributed by atoms with van der Waals surface area (Å²) in [7, 11) is 0. The van der Waals surface area contributed by atoms with Crippen LogP contribution < -0.4 is 10.8 Å². The van der Waals surface area contributed by atoms with Crippen LogP contribution in [-0.2, 0) is 14.4 Å². The first kappa shape index (κ1) is 21.1. The fourth-order valence-electron chi connectivity index (χ4n) is 3.42. The Bertz CT molecular complexity index is 1130. The number of benzene rings is 2. The monoisotopic (exact) mass is 437 g/mol. The molecule has 1 aliphatic carbocycles. The lowest BCUT2D eigenvalue weighted by Crippen LogP contribution is -2.32. The van der Waals surface area contributed by atoms with Gasteiger partial charge in [-0.2, -0.15) is 0 Å². The van der Waals surface area contributed by atoms with Crippen molar-refractivity contribution in [3.8, 4) is 11.1 Å². The van der Waals surface area contributed by atoms with Crippen LogP contribution in [0.5, 0.6) is 0 Å². The molecule has 10 nitrogen and oxygen atoms in total. The summed E-state index contributed by atoms with van der Waals surface area (Å²) in [5, 5.41) is 14.6. The zero-order valence-corrected chi connectivity index (χ0v) is 16.9. The Morgan fingerprint density at radius 1 is 1.09 bits per heavy atom. The lowest BCUT2D eigenvalue weighted by Gasteiger charge is -2.13. The normalized spacial score (nSPS) is 13.0. The fourth-order valence-corrected chi connectivity index (χ4v) is 3.42. The number of nitrogens with one attached hydrogen (secondary N) is 2. The number of aromatic nitrogens is 1. The van der Waals surface area contributed by atoms with E-state index < -0.39 is 24.1 Å². The quantitative estimate of drug-likeness (QED) is 0.479. The maximum atomic E-state index is 12.3. The predicted octanol–water partition coefficient (Wildman–Crippen LogP) is 3.17. The Balaban J connectivity index is 1.34. The van der Waals surface area contributed by atoms with Gasteiger partial charge in [-0.15, -0.1) is 0 Å². The highest BCUT2D eigenvalue weighted by Crippen LogP contribution is 2.44. The summed E-state index contributed by atoms with van der Waals surface area (Å²) >= 11 is 0. The third-order valence-electron chi connectivity index (χ3n) is 4.99. The molecule has 4 rings (SSSR count). The van der Waals surface area contributed by atoms with Crippen LogP contribution in [0.25, 0.3) is 11.1 Å². The van der Waals surface area contributed by atoms with E-state index in [1.807, 2.05) is 54.0 Å². The minimum atomic E-state index is -1.25. The first-order valence-corrected chi connectivity index (χ1v) is 9.71. The van der Waals surface area contributed by atoms with Gasteiger partial charge in [0.1, 0.15) is 6.61 Å². The lowest BCUT2D eigenvalue weighted by atomic mass is 9.98. The van der Waals surface area contributed by atoms with Crippen LogP contribution in [0.2, 0.25) is 0 Å². The smallest absolute Gasteiger partial charge is 0.414 e. The summed E-state index contributed by atoms with van der Waals surface area (Å²) in [6.07, 6.45) is -2.02. The first-order chi connectivity index (χ1) is 15.4. The molecule has 0 aliphatic heterocycles. The van der Waals surface area contributed by atoms with Gasteiger partial charge in [-0.3, -0.25) is 14.9 Å². The van der Waals surface area contributed by atoms with Crippen LogP contribution in [0.15, 0.2) is 59.1 Å². The number of carboxylic acids is 1. The Morgan fingerprint density at radius 2 is 1.72 bits per heavy atom. The maximum absolute atomic E-state index is 12.3. The molecule has 2 amide bonds. The van der Waals surface area contributed by atoms with Crippen molar-refractivity contribution in [2.24, 2.45) is 0 Å². The molecular weight excluding hydrogens is 418 g/mol. The molecule has 1 atom stereocenters. The highest BCUT2D eigenvalue weighted by molar-refractivity contribution is 5.93. The predicted molar refractivity (Wildman–Crippen MR) is 111 cm³/mol. The number of anilines is 1. The number of carbonyl (C=O) groups is 3. The number of nitrogens with zero attached hydrogens (tertiary/aromatic N) is 1. The largest absolute Gasteiger partial charge is 0.479 e. The molecule has 1 heterocycles. The van der Waals surface area contributed by atoms with E-state index in [1.54, 1.807) is 0 Å². The lowest BCUT2D eigenvalue weighted by molar-refractivity contribution is -0.152. The topological polar surface area (TPSA) is 140 Å². The van der Waals surface area contributed by atoms with Gasteiger partial charge in [0.15, 0.2) is 11.8 Å². The zero-order valence-electron chi connectivity index (χ0n) is 16.9. The number of hydroxylamine groups is 1. The van der Waals surface area contributed by atoms with Crippen LogP contribution in [0.3, 0.4) is 0 Å². The average Bonchev–Trinajstić information content (AvgIpc) is 3.38. The molecule has 0 spiro atoms. The Morgan fingerprint density at radius 3 is 2.34 bits per heavy atom. The van der Waals surface area contributed by atoms with E-state index in [1.165, 1.54) is 6.92 Å². The molecule has 0 bridgehead atoms. The molecule has 3 N–H and O–H groups in total. The molecule has 1 unspecified atom stereocenters. The highest BCUT2D eigenvalue weighted by atomic mass is 16.7. The van der Waals surface area contributed by atoms with Crippen LogP contribution in [0.4, 0.5) is 10.7 Å². The highest BCUT2D eigenvalue weighted by Gasteiger charge is 2.29. The van der Waals surface area contributed by atoms with Crippen LogP contribution >= 0.6 is 0 Å². The van der Waals surface area contributed by atoms with E-state index in [4.69, 9.17) is 14.4 Å². The van der Waals surface area contributed by atoms with Gasteiger partial charge in [0.2, 0.25) is 5.88 Å². The Hall–Kier alpha value is -4.18. The third kappa shape index (κ3) is 4.30. The van der Waals surface area contributed by atoms with Gasteiger partial charge in [-0.05, 0) is 29.2 Å². The molecule has 3 aromatic rings. The SMILES string of the molecule is CC(ONC(=O)c1cc(NC(=O)OCC2c3ccccc3-c3ccccc32)on1)C(=O)O. The molecule has 32 heavy (non-hydrogen) atoms. The summed E-state index contributed by atoms with van der Waals surface area (Å²) in [5.74, 6) is -2.29. The molecule has 1 aromatic heterocycles. The number of rotatable bonds is 7. The summed E-state index contributed by atoms with van der Waals surface area (Å²) in [5.41, 5.74) is 6.12. The second-order valence-corrected chi connectivity index (χ2v) is 7.06.